The third-order valence-corrected chi connectivity index (χ3v) is 4.72. The molecule has 3 nitrogen and oxygen atoms in total. The number of halogens is 5. The standard InChI is InChI=1S/C6H4ClFIN.C6H5ClFN.C4H8O.CH4/c1-3-2-10-6(7)4(8)5(3)9;1-4-2-5(8)6(7)9-3-4;1-2-4-5-3-1;/h2H,1H3;2-3H,1H3;1-4H2;1H4. The highest BCUT2D eigenvalue weighted by Gasteiger charge is 2.06. The lowest BCUT2D eigenvalue weighted by atomic mass is 10.3. The smallest absolute Gasteiger partial charge is 0.174 e. The fourth-order valence-corrected chi connectivity index (χ4v) is 2.36. The molecule has 0 spiro atoms. The van der Waals surface area contributed by atoms with Crippen LogP contribution in [0.3, 0.4) is 0 Å². The Hall–Kier alpha value is -0.570. The Morgan fingerprint density at radius 1 is 1.04 bits per heavy atom. The maximum Gasteiger partial charge on any atom is 0.174 e. The second kappa shape index (κ2) is 12.7. The van der Waals surface area contributed by atoms with E-state index in [0.29, 0.717) is 3.57 Å². The Balaban J connectivity index is 0.000000355. The highest BCUT2D eigenvalue weighted by Crippen LogP contribution is 2.19. The van der Waals surface area contributed by atoms with E-state index >= 15 is 0 Å². The summed E-state index contributed by atoms with van der Waals surface area (Å²) in [6.07, 6.45) is 5.62. The molecule has 1 aliphatic rings. The van der Waals surface area contributed by atoms with E-state index in [0.717, 1.165) is 24.3 Å². The number of ether oxygens (including phenoxy) is 1. The van der Waals surface area contributed by atoms with Crippen molar-refractivity contribution >= 4 is 45.8 Å². The lowest BCUT2D eigenvalue weighted by Gasteiger charge is -1.98. The molecule has 1 aliphatic heterocycles. The largest absolute Gasteiger partial charge is 0.381 e. The van der Waals surface area contributed by atoms with Crippen molar-refractivity contribution in [2.24, 2.45) is 0 Å². The molecule has 0 aromatic carbocycles. The van der Waals surface area contributed by atoms with Gasteiger partial charge in [0, 0.05) is 25.6 Å². The highest BCUT2D eigenvalue weighted by atomic mass is 127. The quantitative estimate of drug-likeness (QED) is 0.307. The molecule has 25 heavy (non-hydrogen) atoms. The first-order valence-electron chi connectivity index (χ1n) is 7.14. The molecule has 0 aliphatic carbocycles. The Bertz CT molecular complexity index is 637. The van der Waals surface area contributed by atoms with Crippen LogP contribution in [0.1, 0.15) is 31.4 Å². The van der Waals surface area contributed by atoms with Gasteiger partial charge in [0.1, 0.15) is 0 Å². The Morgan fingerprint density at radius 3 is 2.00 bits per heavy atom. The highest BCUT2D eigenvalue weighted by molar-refractivity contribution is 14.1. The van der Waals surface area contributed by atoms with Crippen LogP contribution in [0.4, 0.5) is 8.78 Å². The fourth-order valence-electron chi connectivity index (χ4n) is 1.56. The third kappa shape index (κ3) is 9.08. The fraction of sp³-hybridized carbons (Fsp3) is 0.412. The molecule has 3 heterocycles. The topological polar surface area (TPSA) is 35.0 Å². The summed E-state index contributed by atoms with van der Waals surface area (Å²) in [7, 11) is 0. The molecule has 0 saturated carbocycles. The second-order valence-corrected chi connectivity index (χ2v) is 6.76. The number of hydrogen-bond donors (Lipinski definition) is 0. The maximum atomic E-state index is 12.8. The molecule has 1 fully saturated rings. The molecule has 0 radical (unpaired) electrons. The zero-order chi connectivity index (χ0) is 18.1. The number of hydrogen-bond acceptors (Lipinski definition) is 3. The molecule has 0 N–H and O–H groups in total. The second-order valence-electron chi connectivity index (χ2n) is 4.96. The molecular formula is C17H21Cl2F2IN2O. The summed E-state index contributed by atoms with van der Waals surface area (Å²) < 4.78 is 30.7. The van der Waals surface area contributed by atoms with Crippen molar-refractivity contribution in [1.82, 2.24) is 9.97 Å². The zero-order valence-corrected chi connectivity index (χ0v) is 16.9. The van der Waals surface area contributed by atoms with Gasteiger partial charge in [-0.3, -0.25) is 0 Å². The van der Waals surface area contributed by atoms with Crippen LogP contribution in [0.5, 0.6) is 0 Å². The first kappa shape index (κ1) is 24.4. The van der Waals surface area contributed by atoms with Gasteiger partial charge in [-0.05, 0) is 66.5 Å². The summed E-state index contributed by atoms with van der Waals surface area (Å²) >= 11 is 12.6. The van der Waals surface area contributed by atoms with Crippen molar-refractivity contribution < 1.29 is 13.5 Å². The van der Waals surface area contributed by atoms with E-state index in [1.54, 1.807) is 20.0 Å². The molecule has 1 saturated heterocycles. The van der Waals surface area contributed by atoms with Crippen LogP contribution in [0.2, 0.25) is 10.3 Å². The van der Waals surface area contributed by atoms with Gasteiger partial charge in [-0.2, -0.15) is 0 Å². The number of aromatic nitrogens is 2. The molecular weight excluding hydrogens is 484 g/mol. The van der Waals surface area contributed by atoms with Crippen molar-refractivity contribution in [2.45, 2.75) is 34.1 Å². The van der Waals surface area contributed by atoms with E-state index < -0.39 is 11.6 Å². The van der Waals surface area contributed by atoms with Crippen LogP contribution >= 0.6 is 45.8 Å². The van der Waals surface area contributed by atoms with Crippen LogP contribution in [0.25, 0.3) is 0 Å². The predicted molar refractivity (Wildman–Crippen MR) is 107 cm³/mol. The van der Waals surface area contributed by atoms with Crippen LogP contribution in [0.15, 0.2) is 18.5 Å². The number of pyridine rings is 2. The monoisotopic (exact) mass is 504 g/mol. The summed E-state index contributed by atoms with van der Waals surface area (Å²) in [5.74, 6) is -0.890. The normalized spacial score (nSPS) is 12.3. The Labute approximate surface area is 171 Å². The van der Waals surface area contributed by atoms with E-state index in [9.17, 15) is 8.78 Å². The van der Waals surface area contributed by atoms with Crippen molar-refractivity contribution in [3.8, 4) is 0 Å². The van der Waals surface area contributed by atoms with Gasteiger partial charge in [-0.1, -0.05) is 30.6 Å². The van der Waals surface area contributed by atoms with E-state index in [2.05, 4.69) is 9.97 Å². The zero-order valence-electron chi connectivity index (χ0n) is 13.3. The minimum absolute atomic E-state index is 0. The van der Waals surface area contributed by atoms with Crippen LogP contribution in [-0.4, -0.2) is 23.2 Å². The van der Waals surface area contributed by atoms with Crippen LogP contribution < -0.4 is 0 Å². The van der Waals surface area contributed by atoms with Gasteiger partial charge in [0.2, 0.25) is 0 Å². The maximum absolute atomic E-state index is 12.8. The molecule has 0 atom stereocenters. The Kier molecular flexibility index (Phi) is 12.4. The molecule has 8 heteroatoms. The van der Waals surface area contributed by atoms with Crippen LogP contribution in [0, 0.1) is 29.1 Å². The van der Waals surface area contributed by atoms with E-state index in [1.807, 2.05) is 22.6 Å². The SMILES string of the molecule is C.C1CCOC1.Cc1cnc(Cl)c(F)c1.Cc1cnc(Cl)c(F)c1I. The van der Waals surface area contributed by atoms with Crippen molar-refractivity contribution in [3.05, 3.63) is 55.1 Å². The van der Waals surface area contributed by atoms with Gasteiger partial charge in [0.05, 0.1) is 3.57 Å². The molecule has 2 aromatic heterocycles. The molecule has 0 amide bonds. The lowest BCUT2D eigenvalue weighted by molar-refractivity contribution is 0.198. The first-order chi connectivity index (χ1) is 11.3. The molecule has 2 aromatic rings. The number of aryl methyl sites for hydroxylation is 2. The van der Waals surface area contributed by atoms with Crippen molar-refractivity contribution in [2.75, 3.05) is 13.2 Å². The predicted octanol–water partition coefficient (Wildman–Crippen LogP) is 6.40. The first-order valence-corrected chi connectivity index (χ1v) is 8.98. The average Bonchev–Trinajstić information content (AvgIpc) is 3.13. The van der Waals surface area contributed by atoms with Crippen LogP contribution in [-0.2, 0) is 4.74 Å². The molecule has 3 rings (SSSR count). The Morgan fingerprint density at radius 2 is 1.60 bits per heavy atom. The minimum atomic E-state index is -0.461. The molecule has 140 valence electrons. The number of rotatable bonds is 0. The van der Waals surface area contributed by atoms with E-state index in [1.165, 1.54) is 25.1 Å². The third-order valence-electron chi connectivity index (χ3n) is 2.85. The van der Waals surface area contributed by atoms with Gasteiger partial charge in [-0.15, -0.1) is 0 Å². The lowest BCUT2D eigenvalue weighted by Crippen LogP contribution is -1.90. The summed E-state index contributed by atoms with van der Waals surface area (Å²) in [5.41, 5.74) is 1.58. The van der Waals surface area contributed by atoms with E-state index in [-0.39, 0.29) is 17.7 Å². The van der Waals surface area contributed by atoms with Crippen molar-refractivity contribution in [3.63, 3.8) is 0 Å². The average molecular weight is 505 g/mol. The van der Waals surface area contributed by atoms with Gasteiger partial charge < -0.3 is 4.74 Å². The summed E-state index contributed by atoms with van der Waals surface area (Å²) in [6, 6.07) is 1.34. The van der Waals surface area contributed by atoms with Gasteiger partial charge in [-0.25, -0.2) is 18.7 Å². The van der Waals surface area contributed by atoms with Gasteiger partial charge in [0.25, 0.3) is 0 Å². The van der Waals surface area contributed by atoms with E-state index in [4.69, 9.17) is 27.9 Å². The summed E-state index contributed by atoms with van der Waals surface area (Å²) in [4.78, 5) is 7.19. The van der Waals surface area contributed by atoms with Gasteiger partial charge in [0.15, 0.2) is 21.9 Å². The van der Waals surface area contributed by atoms with Gasteiger partial charge >= 0.3 is 0 Å². The summed E-state index contributed by atoms with van der Waals surface area (Å²) in [6.45, 7) is 5.54. The number of nitrogens with zero attached hydrogens (tertiary/aromatic N) is 2. The molecule has 0 bridgehead atoms. The van der Waals surface area contributed by atoms with Crippen molar-refractivity contribution in [1.29, 1.82) is 0 Å². The minimum Gasteiger partial charge on any atom is -0.381 e. The molecule has 0 unspecified atom stereocenters. The summed E-state index contributed by atoms with van der Waals surface area (Å²) in [5, 5.41) is -0.129.